The Bertz CT molecular complexity index is 975. The van der Waals surface area contributed by atoms with E-state index in [-0.39, 0.29) is 6.09 Å². The lowest BCUT2D eigenvalue weighted by atomic mass is 9.94. The Morgan fingerprint density at radius 3 is 2.34 bits per heavy atom. The fourth-order valence-electron chi connectivity index (χ4n) is 4.35. The minimum atomic E-state index is -3.31. The van der Waals surface area contributed by atoms with Gasteiger partial charge in [-0.1, -0.05) is 0 Å². The van der Waals surface area contributed by atoms with Crippen LogP contribution in [0.2, 0.25) is 0 Å². The normalized spacial score (nSPS) is 17.3. The van der Waals surface area contributed by atoms with Gasteiger partial charge in [-0.15, -0.1) is 0 Å². The summed E-state index contributed by atoms with van der Waals surface area (Å²) >= 11 is 0. The van der Waals surface area contributed by atoms with Crippen molar-refractivity contribution in [3.05, 3.63) is 23.3 Å². The van der Waals surface area contributed by atoms with Crippen molar-refractivity contribution in [3.63, 3.8) is 0 Å². The van der Waals surface area contributed by atoms with Gasteiger partial charge in [-0.3, -0.25) is 4.90 Å². The second-order valence-corrected chi connectivity index (χ2v) is 11.7. The van der Waals surface area contributed by atoms with E-state index in [1.165, 1.54) is 6.26 Å². The molecule has 0 aliphatic carbocycles. The van der Waals surface area contributed by atoms with Crippen molar-refractivity contribution in [1.82, 2.24) is 4.90 Å². The lowest BCUT2D eigenvalue weighted by Gasteiger charge is -2.33. The van der Waals surface area contributed by atoms with Crippen LogP contribution >= 0.6 is 0 Å². The van der Waals surface area contributed by atoms with Gasteiger partial charge in [-0.2, -0.15) is 0 Å². The highest BCUT2D eigenvalue weighted by Crippen LogP contribution is 2.34. The summed E-state index contributed by atoms with van der Waals surface area (Å²) in [5.41, 5.74) is 1.82. The van der Waals surface area contributed by atoms with E-state index in [2.05, 4.69) is 0 Å². The van der Waals surface area contributed by atoms with Crippen molar-refractivity contribution in [3.8, 4) is 0 Å². The van der Waals surface area contributed by atoms with E-state index < -0.39 is 21.5 Å². The number of fused-ring (bicyclic) bond motifs is 1. The highest BCUT2D eigenvalue weighted by molar-refractivity contribution is 7.90. The number of carbonyl (C=O) groups excluding carboxylic acids is 2. The fraction of sp³-hybridized carbons (Fsp3) is 0.652. The Morgan fingerprint density at radius 2 is 1.75 bits per heavy atom. The summed E-state index contributed by atoms with van der Waals surface area (Å²) in [7, 11) is -3.31. The van der Waals surface area contributed by atoms with Gasteiger partial charge in [0.25, 0.3) is 0 Å². The van der Waals surface area contributed by atoms with Gasteiger partial charge < -0.3 is 14.4 Å². The number of benzene rings is 1. The highest BCUT2D eigenvalue weighted by atomic mass is 32.2. The van der Waals surface area contributed by atoms with E-state index in [9.17, 15) is 18.0 Å². The maximum Gasteiger partial charge on any atom is 0.414 e. The topological polar surface area (TPSA) is 93.2 Å². The number of carbonyl (C=O) groups is 2. The van der Waals surface area contributed by atoms with Crippen LogP contribution in [0.3, 0.4) is 0 Å². The first kappa shape index (κ1) is 24.4. The Balaban J connectivity index is 1.47. The Morgan fingerprint density at radius 1 is 1.09 bits per heavy atom. The van der Waals surface area contributed by atoms with Gasteiger partial charge in [0, 0.05) is 25.9 Å². The number of piperidine rings is 1. The van der Waals surface area contributed by atoms with E-state index in [0.717, 1.165) is 30.5 Å². The molecule has 2 heterocycles. The first-order valence-corrected chi connectivity index (χ1v) is 13.0. The molecule has 0 atom stereocenters. The Kier molecular flexibility index (Phi) is 7.07. The third-order valence-corrected chi connectivity index (χ3v) is 7.28. The summed E-state index contributed by atoms with van der Waals surface area (Å²) in [5, 5.41) is 0. The second-order valence-electron chi connectivity index (χ2n) is 9.67. The predicted molar refractivity (Wildman–Crippen MR) is 122 cm³/mol. The number of amides is 2. The predicted octanol–water partition coefficient (Wildman–Crippen LogP) is 3.93. The zero-order valence-corrected chi connectivity index (χ0v) is 20.5. The van der Waals surface area contributed by atoms with Crippen LogP contribution in [0.4, 0.5) is 15.3 Å². The molecule has 3 rings (SSSR count). The van der Waals surface area contributed by atoms with Gasteiger partial charge in [0.05, 0.1) is 17.2 Å². The maximum absolute atomic E-state index is 12.6. The molecule has 2 amide bonds. The monoisotopic (exact) mass is 466 g/mol. The Hall–Kier alpha value is -2.29. The number of anilines is 1. The summed E-state index contributed by atoms with van der Waals surface area (Å²) < 4.78 is 34.8. The lowest BCUT2D eigenvalue weighted by molar-refractivity contribution is 0.0175. The van der Waals surface area contributed by atoms with Crippen LogP contribution in [0.15, 0.2) is 17.0 Å². The van der Waals surface area contributed by atoms with Crippen LogP contribution in [0.25, 0.3) is 0 Å². The zero-order valence-electron chi connectivity index (χ0n) is 19.6. The number of sulfone groups is 1. The third-order valence-electron chi connectivity index (χ3n) is 6.04. The molecular formula is C23H34N2O6S. The van der Waals surface area contributed by atoms with Crippen LogP contribution in [-0.4, -0.2) is 63.6 Å². The summed E-state index contributed by atoms with van der Waals surface area (Å²) in [6.45, 7) is 9.46. The van der Waals surface area contributed by atoms with Gasteiger partial charge in [-0.05, 0) is 82.6 Å². The molecule has 1 aromatic rings. The van der Waals surface area contributed by atoms with Gasteiger partial charge in [-0.25, -0.2) is 18.0 Å². The minimum Gasteiger partial charge on any atom is -0.449 e. The van der Waals surface area contributed by atoms with Crippen LogP contribution in [-0.2, 0) is 25.7 Å². The number of rotatable bonds is 4. The van der Waals surface area contributed by atoms with E-state index in [0.29, 0.717) is 49.0 Å². The van der Waals surface area contributed by atoms with E-state index >= 15 is 0 Å². The van der Waals surface area contributed by atoms with E-state index in [1.807, 2.05) is 20.8 Å². The van der Waals surface area contributed by atoms with Gasteiger partial charge in [0.1, 0.15) is 5.60 Å². The summed E-state index contributed by atoms with van der Waals surface area (Å²) in [5.74, 6) is 0.395. The number of nitrogens with zero attached hydrogens (tertiary/aromatic N) is 2. The van der Waals surface area contributed by atoms with Crippen LogP contribution in [0.5, 0.6) is 0 Å². The Labute approximate surface area is 190 Å². The van der Waals surface area contributed by atoms with Crippen LogP contribution in [0.1, 0.15) is 51.2 Å². The van der Waals surface area contributed by atoms with Crippen molar-refractivity contribution in [2.24, 2.45) is 5.92 Å². The number of hydrogen-bond acceptors (Lipinski definition) is 6. The number of ether oxygens (including phenoxy) is 2. The highest BCUT2D eigenvalue weighted by Gasteiger charge is 2.30. The minimum absolute atomic E-state index is 0.274. The largest absolute Gasteiger partial charge is 0.449 e. The average molecular weight is 467 g/mol. The summed E-state index contributed by atoms with van der Waals surface area (Å²) in [6.07, 6.45) is 3.60. The van der Waals surface area contributed by atoms with Crippen molar-refractivity contribution in [2.45, 2.75) is 63.9 Å². The summed E-state index contributed by atoms with van der Waals surface area (Å²) in [6, 6.07) is 3.26. The molecule has 8 nitrogen and oxygen atoms in total. The molecule has 178 valence electrons. The van der Waals surface area contributed by atoms with E-state index in [1.54, 1.807) is 28.9 Å². The zero-order chi connectivity index (χ0) is 23.7. The van der Waals surface area contributed by atoms with Crippen LogP contribution in [0, 0.1) is 12.8 Å². The quantitative estimate of drug-likeness (QED) is 0.667. The number of likely N-dealkylation sites (tertiary alicyclic amines) is 1. The lowest BCUT2D eigenvalue weighted by Crippen LogP contribution is -2.42. The summed E-state index contributed by atoms with van der Waals surface area (Å²) in [4.78, 5) is 28.4. The molecule has 0 N–H and O–H groups in total. The molecule has 1 aromatic carbocycles. The number of hydrogen-bond donors (Lipinski definition) is 0. The molecule has 0 bridgehead atoms. The average Bonchev–Trinajstić information content (AvgIpc) is 3.11. The third kappa shape index (κ3) is 5.74. The molecule has 0 aromatic heterocycles. The van der Waals surface area contributed by atoms with Crippen molar-refractivity contribution in [1.29, 1.82) is 0 Å². The smallest absolute Gasteiger partial charge is 0.414 e. The molecule has 9 heteroatoms. The molecule has 2 aliphatic heterocycles. The molecule has 1 fully saturated rings. The van der Waals surface area contributed by atoms with Crippen molar-refractivity contribution < 1.29 is 27.5 Å². The SMILES string of the molecule is Cc1c(S(C)(=O)=O)ccc2c1CCN2C(=O)OCCC1CCN(C(=O)OC(C)(C)C)CC1. The van der Waals surface area contributed by atoms with Gasteiger partial charge in [0.15, 0.2) is 9.84 Å². The standard InChI is InChI=1S/C23H34N2O6S/c1-16-18-10-14-25(19(18)6-7-20(16)32(5,28)29)22(27)30-15-11-17-8-12-24(13-9-17)21(26)31-23(2,3)4/h6-7,17H,8-15H2,1-5H3. The first-order valence-electron chi connectivity index (χ1n) is 11.1. The molecule has 1 saturated heterocycles. The van der Waals surface area contributed by atoms with Crippen LogP contribution < -0.4 is 4.90 Å². The molecular weight excluding hydrogens is 432 g/mol. The molecule has 32 heavy (non-hydrogen) atoms. The van der Waals surface area contributed by atoms with Gasteiger partial charge in [0.2, 0.25) is 0 Å². The first-order chi connectivity index (χ1) is 14.9. The molecule has 0 unspecified atom stereocenters. The maximum atomic E-state index is 12.6. The van der Waals surface area contributed by atoms with Gasteiger partial charge >= 0.3 is 12.2 Å². The molecule has 2 aliphatic rings. The van der Waals surface area contributed by atoms with Crippen molar-refractivity contribution >= 4 is 27.7 Å². The second kappa shape index (κ2) is 9.29. The molecule has 0 radical (unpaired) electrons. The fourth-order valence-corrected chi connectivity index (χ4v) is 5.34. The molecule has 0 spiro atoms. The van der Waals surface area contributed by atoms with E-state index in [4.69, 9.17) is 9.47 Å². The molecule has 0 saturated carbocycles. The van der Waals surface area contributed by atoms with Crippen molar-refractivity contribution in [2.75, 3.05) is 37.4 Å².